The molecule has 0 spiro atoms. The average molecular weight is 259 g/mol. The standard InChI is InChI=1S/C9H8F3N5O/c10-9(11,12)6-1-4-17(16-6)5-7(18)15-8-13-2-3-14-8/h1-4H,5H2,(H2,13,14,15,18). The normalized spacial score (nSPS) is 11.5. The molecule has 0 bridgehead atoms. The SMILES string of the molecule is O=C(Cn1ccc(C(F)(F)F)n1)Nc1ncc[nH]1. The number of amides is 1. The van der Waals surface area contributed by atoms with Crippen molar-refractivity contribution in [3.63, 3.8) is 0 Å². The molecule has 0 fully saturated rings. The maximum Gasteiger partial charge on any atom is 0.435 e. The van der Waals surface area contributed by atoms with Crippen LogP contribution >= 0.6 is 0 Å². The molecule has 2 aromatic rings. The lowest BCUT2D eigenvalue weighted by Gasteiger charge is -2.03. The van der Waals surface area contributed by atoms with Crippen LogP contribution in [0, 0.1) is 0 Å². The van der Waals surface area contributed by atoms with Gasteiger partial charge in [-0.25, -0.2) is 4.98 Å². The zero-order valence-corrected chi connectivity index (χ0v) is 8.90. The number of rotatable bonds is 3. The molecule has 1 amide bonds. The van der Waals surface area contributed by atoms with Crippen molar-refractivity contribution < 1.29 is 18.0 Å². The van der Waals surface area contributed by atoms with Crippen molar-refractivity contribution in [1.82, 2.24) is 19.7 Å². The number of imidazole rings is 1. The molecule has 0 aliphatic carbocycles. The van der Waals surface area contributed by atoms with E-state index in [9.17, 15) is 18.0 Å². The lowest BCUT2D eigenvalue weighted by molar-refractivity contribution is -0.141. The molecular formula is C9H8F3N5O. The average Bonchev–Trinajstić information content (AvgIpc) is 2.87. The second-order valence-electron chi connectivity index (χ2n) is 3.38. The van der Waals surface area contributed by atoms with Crippen molar-refractivity contribution in [2.45, 2.75) is 12.7 Å². The zero-order valence-electron chi connectivity index (χ0n) is 8.90. The van der Waals surface area contributed by atoms with Crippen LogP contribution in [0.25, 0.3) is 0 Å². The molecule has 2 aromatic heterocycles. The van der Waals surface area contributed by atoms with Crippen molar-refractivity contribution in [3.05, 3.63) is 30.4 Å². The second kappa shape index (κ2) is 4.51. The fourth-order valence-electron chi connectivity index (χ4n) is 1.25. The summed E-state index contributed by atoms with van der Waals surface area (Å²) in [5.74, 6) is -0.301. The van der Waals surface area contributed by atoms with Crippen molar-refractivity contribution in [2.24, 2.45) is 0 Å². The Kier molecular flexibility index (Phi) is 3.04. The molecule has 2 heterocycles. The number of aromatic amines is 1. The number of carbonyl (C=O) groups excluding carboxylic acids is 1. The summed E-state index contributed by atoms with van der Waals surface area (Å²) in [6.07, 6.45) is -0.482. The summed E-state index contributed by atoms with van der Waals surface area (Å²) in [6, 6.07) is 0.806. The third-order valence-corrected chi connectivity index (χ3v) is 1.99. The monoisotopic (exact) mass is 259 g/mol. The Bertz CT molecular complexity index is 531. The van der Waals surface area contributed by atoms with Gasteiger partial charge in [0.15, 0.2) is 5.69 Å². The number of anilines is 1. The molecule has 0 radical (unpaired) electrons. The Balaban J connectivity index is 1.97. The number of hydrogen-bond acceptors (Lipinski definition) is 3. The van der Waals surface area contributed by atoms with E-state index in [0.717, 1.165) is 16.9 Å². The van der Waals surface area contributed by atoms with Crippen molar-refractivity contribution in [2.75, 3.05) is 5.32 Å². The minimum atomic E-state index is -4.51. The lowest BCUT2D eigenvalue weighted by Crippen LogP contribution is -2.20. The van der Waals surface area contributed by atoms with Crippen LogP contribution in [0.4, 0.5) is 19.1 Å². The van der Waals surface area contributed by atoms with Gasteiger partial charge < -0.3 is 4.98 Å². The highest BCUT2D eigenvalue weighted by molar-refractivity contribution is 5.88. The van der Waals surface area contributed by atoms with Gasteiger partial charge in [0, 0.05) is 18.6 Å². The van der Waals surface area contributed by atoms with Crippen molar-refractivity contribution in [1.29, 1.82) is 0 Å². The molecule has 9 heteroatoms. The quantitative estimate of drug-likeness (QED) is 0.871. The molecule has 0 saturated heterocycles. The van der Waals surface area contributed by atoms with E-state index in [-0.39, 0.29) is 12.5 Å². The lowest BCUT2D eigenvalue weighted by atomic mass is 10.4. The minimum Gasteiger partial charge on any atom is -0.331 e. The predicted octanol–water partition coefficient (Wildman–Crippen LogP) is 1.26. The maximum absolute atomic E-state index is 12.3. The third-order valence-electron chi connectivity index (χ3n) is 1.99. The van der Waals surface area contributed by atoms with Crippen LogP contribution in [0.15, 0.2) is 24.7 Å². The van der Waals surface area contributed by atoms with Gasteiger partial charge in [0.1, 0.15) is 6.54 Å². The number of H-pyrrole nitrogens is 1. The number of carbonyl (C=O) groups is 1. The van der Waals surface area contributed by atoms with E-state index in [4.69, 9.17) is 0 Å². The second-order valence-corrected chi connectivity index (χ2v) is 3.38. The first-order valence-electron chi connectivity index (χ1n) is 4.85. The van der Waals surface area contributed by atoms with Gasteiger partial charge in [0.05, 0.1) is 0 Å². The molecule has 0 unspecified atom stereocenters. The van der Waals surface area contributed by atoms with E-state index in [1.807, 2.05) is 0 Å². The van der Waals surface area contributed by atoms with Gasteiger partial charge in [-0.3, -0.25) is 14.8 Å². The first-order valence-corrected chi connectivity index (χ1v) is 4.85. The molecule has 0 aromatic carbocycles. The van der Waals surface area contributed by atoms with Crippen LogP contribution in [0.1, 0.15) is 5.69 Å². The molecular weight excluding hydrogens is 251 g/mol. The highest BCUT2D eigenvalue weighted by atomic mass is 19.4. The molecule has 0 aliphatic rings. The zero-order chi connectivity index (χ0) is 13.2. The van der Waals surface area contributed by atoms with E-state index in [1.165, 1.54) is 12.4 Å². The molecule has 96 valence electrons. The number of nitrogens with one attached hydrogen (secondary N) is 2. The highest BCUT2D eigenvalue weighted by Gasteiger charge is 2.33. The summed E-state index contributed by atoms with van der Waals surface area (Å²) in [6.45, 7) is -0.323. The predicted molar refractivity (Wildman–Crippen MR) is 54.4 cm³/mol. The van der Waals surface area contributed by atoms with Crippen LogP contribution in [0.5, 0.6) is 0 Å². The number of halogens is 3. The van der Waals surface area contributed by atoms with E-state index in [0.29, 0.717) is 0 Å². The highest BCUT2D eigenvalue weighted by Crippen LogP contribution is 2.27. The maximum atomic E-state index is 12.3. The Labute approximate surface area is 98.8 Å². The van der Waals surface area contributed by atoms with Gasteiger partial charge in [0.2, 0.25) is 11.9 Å². The van der Waals surface area contributed by atoms with Crippen LogP contribution in [-0.2, 0) is 17.5 Å². The van der Waals surface area contributed by atoms with Crippen molar-refractivity contribution in [3.8, 4) is 0 Å². The molecule has 6 nitrogen and oxygen atoms in total. The molecule has 0 atom stereocenters. The van der Waals surface area contributed by atoms with Crippen LogP contribution < -0.4 is 5.32 Å². The van der Waals surface area contributed by atoms with Gasteiger partial charge in [-0.2, -0.15) is 18.3 Å². The number of aromatic nitrogens is 4. The Morgan fingerprint density at radius 3 is 2.83 bits per heavy atom. The van der Waals surface area contributed by atoms with Crippen molar-refractivity contribution >= 4 is 11.9 Å². The first-order chi connectivity index (χ1) is 8.45. The van der Waals surface area contributed by atoms with E-state index < -0.39 is 17.8 Å². The Morgan fingerprint density at radius 1 is 1.50 bits per heavy atom. The first kappa shape index (κ1) is 12.1. The number of alkyl halides is 3. The smallest absolute Gasteiger partial charge is 0.331 e. The topological polar surface area (TPSA) is 75.6 Å². The van der Waals surface area contributed by atoms with Crippen LogP contribution in [0.2, 0.25) is 0 Å². The van der Waals surface area contributed by atoms with E-state index >= 15 is 0 Å². The molecule has 0 aliphatic heterocycles. The summed E-state index contributed by atoms with van der Waals surface area (Å²) in [7, 11) is 0. The fraction of sp³-hybridized carbons (Fsp3) is 0.222. The molecule has 0 saturated carbocycles. The summed E-state index contributed by atoms with van der Waals surface area (Å²) in [5.41, 5.74) is -1.03. The van der Waals surface area contributed by atoms with Gasteiger partial charge in [-0.1, -0.05) is 0 Å². The molecule has 2 rings (SSSR count). The third kappa shape index (κ3) is 2.87. The Morgan fingerprint density at radius 2 is 2.28 bits per heavy atom. The van der Waals surface area contributed by atoms with Gasteiger partial charge in [-0.05, 0) is 6.07 Å². The summed E-state index contributed by atoms with van der Waals surface area (Å²) < 4.78 is 37.7. The van der Waals surface area contributed by atoms with Gasteiger partial charge in [-0.15, -0.1) is 0 Å². The Hall–Kier alpha value is -2.32. The van der Waals surface area contributed by atoms with Gasteiger partial charge in [0.25, 0.3) is 0 Å². The number of nitrogens with zero attached hydrogens (tertiary/aromatic N) is 3. The van der Waals surface area contributed by atoms with E-state index in [1.54, 1.807) is 0 Å². The van der Waals surface area contributed by atoms with E-state index in [2.05, 4.69) is 20.4 Å². The van der Waals surface area contributed by atoms with Crippen LogP contribution in [-0.4, -0.2) is 25.7 Å². The minimum absolute atomic E-state index is 0.225. The molecule has 18 heavy (non-hydrogen) atoms. The largest absolute Gasteiger partial charge is 0.435 e. The molecule has 2 N–H and O–H groups in total. The summed E-state index contributed by atoms with van der Waals surface area (Å²) in [4.78, 5) is 17.8. The summed E-state index contributed by atoms with van der Waals surface area (Å²) in [5, 5.41) is 5.62. The summed E-state index contributed by atoms with van der Waals surface area (Å²) >= 11 is 0. The van der Waals surface area contributed by atoms with Crippen LogP contribution in [0.3, 0.4) is 0 Å². The number of hydrogen-bond donors (Lipinski definition) is 2. The fourth-order valence-corrected chi connectivity index (χ4v) is 1.25. The van der Waals surface area contributed by atoms with Gasteiger partial charge >= 0.3 is 6.18 Å².